The molecule has 1 heterocycles. The van der Waals surface area contributed by atoms with Crippen LogP contribution >= 0.6 is 0 Å². The van der Waals surface area contributed by atoms with Crippen molar-refractivity contribution in [3.8, 4) is 11.5 Å². The van der Waals surface area contributed by atoms with E-state index in [2.05, 4.69) is 9.97 Å². The number of methoxy groups -OCH3 is 2. The summed E-state index contributed by atoms with van der Waals surface area (Å²) < 4.78 is 41.6. The maximum Gasteiger partial charge on any atom is 0.394 e. The third kappa shape index (κ3) is 7.49. The van der Waals surface area contributed by atoms with Gasteiger partial charge in [0.25, 0.3) is 5.56 Å². The molecule has 1 aromatic heterocycles. The first-order chi connectivity index (χ1) is 13.1. The zero-order valence-electron chi connectivity index (χ0n) is 15.0. The number of nitrogens with one attached hydrogen (secondary N) is 1. The molecule has 12 heteroatoms. The van der Waals surface area contributed by atoms with Gasteiger partial charge >= 0.3 is 10.4 Å². The molecule has 28 heavy (non-hydrogen) atoms. The molecule has 0 aliphatic carbocycles. The number of fused-ring (bicyclic) bond motifs is 1. The van der Waals surface area contributed by atoms with Gasteiger partial charge in [0.15, 0.2) is 0 Å². The Balaban J connectivity index is 0.000000233. The van der Waals surface area contributed by atoms with Gasteiger partial charge in [0.1, 0.15) is 17.0 Å². The quantitative estimate of drug-likeness (QED) is 0.301. The molecule has 2 aromatic carbocycles. The Morgan fingerprint density at radius 3 is 2.07 bits per heavy atom. The minimum Gasteiger partial charge on any atom is -0.495 e. The van der Waals surface area contributed by atoms with Crippen LogP contribution in [-0.2, 0) is 10.4 Å². The first-order valence-electron chi connectivity index (χ1n) is 7.46. The topological polar surface area (TPSA) is 191 Å². The summed E-state index contributed by atoms with van der Waals surface area (Å²) in [7, 11) is -1.54. The lowest BCUT2D eigenvalue weighted by Gasteiger charge is -2.04. The second kappa shape index (κ2) is 10.1. The molecule has 7 N–H and O–H groups in total. The van der Waals surface area contributed by atoms with Crippen molar-refractivity contribution in [2.24, 2.45) is 0 Å². The van der Waals surface area contributed by atoms with Crippen LogP contribution < -0.4 is 26.5 Å². The fourth-order valence-electron chi connectivity index (χ4n) is 1.95. The summed E-state index contributed by atoms with van der Waals surface area (Å²) in [6, 6.07) is 10.7. The van der Waals surface area contributed by atoms with Gasteiger partial charge in [0.2, 0.25) is 0 Å². The molecule has 0 spiro atoms. The molecule has 0 aliphatic rings. The number of nitrogens with two attached hydrogens (primary N) is 2. The van der Waals surface area contributed by atoms with E-state index in [0.717, 1.165) is 0 Å². The number of aromatic nitrogens is 2. The summed E-state index contributed by atoms with van der Waals surface area (Å²) in [4.78, 5) is 17.6. The molecule has 3 aromatic rings. The molecule has 0 atom stereocenters. The zero-order valence-corrected chi connectivity index (χ0v) is 15.8. The summed E-state index contributed by atoms with van der Waals surface area (Å²) >= 11 is 0. The summed E-state index contributed by atoms with van der Waals surface area (Å²) in [5, 5.41) is 0. The van der Waals surface area contributed by atoms with Gasteiger partial charge in [0.05, 0.1) is 37.3 Å². The average molecular weight is 412 g/mol. The molecule has 11 nitrogen and oxygen atoms in total. The van der Waals surface area contributed by atoms with Gasteiger partial charge < -0.3 is 25.9 Å². The number of anilines is 2. The standard InChI is InChI=1S/C9H8N2O2.C7H10N2O.H2O4S/c1-13-7-4-2-3-6-9(7)10-5-8(12)11-6;1-10-6-4-2-3-5(8)7(6)9;1-5(2,3)4/h2-5H,1H3,(H,11,12);2-4H,8-9H2,1H3;(H2,1,2,3,4). The third-order valence-electron chi connectivity index (χ3n) is 3.11. The third-order valence-corrected chi connectivity index (χ3v) is 3.11. The van der Waals surface area contributed by atoms with Crippen LogP contribution in [0.3, 0.4) is 0 Å². The van der Waals surface area contributed by atoms with Crippen molar-refractivity contribution in [3.05, 3.63) is 52.9 Å². The van der Waals surface area contributed by atoms with Crippen LogP contribution in [0.4, 0.5) is 11.4 Å². The first kappa shape index (κ1) is 22.7. The number of nitrogens with zero attached hydrogens (tertiary/aromatic N) is 1. The van der Waals surface area contributed by atoms with Crippen molar-refractivity contribution in [2.45, 2.75) is 0 Å². The fourth-order valence-corrected chi connectivity index (χ4v) is 1.95. The molecule has 0 amide bonds. The van der Waals surface area contributed by atoms with Gasteiger partial charge in [-0.25, -0.2) is 4.98 Å². The molecule has 0 bridgehead atoms. The minimum atomic E-state index is -4.67. The summed E-state index contributed by atoms with van der Waals surface area (Å²) in [5.41, 5.74) is 13.2. The largest absolute Gasteiger partial charge is 0.495 e. The Labute approximate surface area is 160 Å². The summed E-state index contributed by atoms with van der Waals surface area (Å²) in [5.74, 6) is 1.29. The van der Waals surface area contributed by atoms with E-state index in [4.69, 9.17) is 38.5 Å². The number of ether oxygens (including phenoxy) is 2. The van der Waals surface area contributed by atoms with Crippen LogP contribution in [0.5, 0.6) is 11.5 Å². The monoisotopic (exact) mass is 412 g/mol. The highest BCUT2D eigenvalue weighted by molar-refractivity contribution is 7.79. The van der Waals surface area contributed by atoms with E-state index in [-0.39, 0.29) is 5.56 Å². The minimum absolute atomic E-state index is 0.208. The highest BCUT2D eigenvalue weighted by Gasteiger charge is 2.01. The predicted octanol–water partition coefficient (Wildman–Crippen LogP) is 1.14. The van der Waals surface area contributed by atoms with Crippen LogP contribution in [0.1, 0.15) is 0 Å². The predicted molar refractivity (Wildman–Crippen MR) is 105 cm³/mol. The van der Waals surface area contributed by atoms with Crippen LogP contribution in [-0.4, -0.2) is 41.7 Å². The van der Waals surface area contributed by atoms with E-state index in [9.17, 15) is 4.79 Å². The second-order valence-electron chi connectivity index (χ2n) is 5.01. The van der Waals surface area contributed by atoms with Gasteiger partial charge in [-0.05, 0) is 24.3 Å². The molecule has 0 radical (unpaired) electrons. The number of aromatic amines is 1. The lowest BCUT2D eigenvalue weighted by Crippen LogP contribution is -2.05. The second-order valence-corrected chi connectivity index (χ2v) is 5.91. The lowest BCUT2D eigenvalue weighted by atomic mass is 10.2. The van der Waals surface area contributed by atoms with E-state index >= 15 is 0 Å². The van der Waals surface area contributed by atoms with E-state index in [1.165, 1.54) is 6.20 Å². The SMILES string of the molecule is COc1cccc(N)c1N.COc1cccc2[nH]c(=O)cnc12.O=S(=O)(O)O. The highest BCUT2D eigenvalue weighted by Crippen LogP contribution is 2.25. The number of H-pyrrole nitrogens is 1. The molecule has 3 rings (SSSR count). The van der Waals surface area contributed by atoms with Crippen molar-refractivity contribution in [3.63, 3.8) is 0 Å². The van der Waals surface area contributed by atoms with Crippen LogP contribution in [0.15, 0.2) is 47.4 Å². The Bertz CT molecular complexity index is 1080. The Morgan fingerprint density at radius 2 is 1.54 bits per heavy atom. The summed E-state index contributed by atoms with van der Waals surface area (Å²) in [6.45, 7) is 0. The Kier molecular flexibility index (Phi) is 8.19. The average Bonchev–Trinajstić information content (AvgIpc) is 2.62. The molecule has 0 saturated carbocycles. The molecule has 0 aliphatic heterocycles. The first-order valence-corrected chi connectivity index (χ1v) is 8.86. The van der Waals surface area contributed by atoms with Crippen molar-refractivity contribution in [1.29, 1.82) is 0 Å². The number of benzene rings is 2. The number of para-hydroxylation sites is 2. The van der Waals surface area contributed by atoms with E-state index in [1.54, 1.807) is 50.6 Å². The van der Waals surface area contributed by atoms with E-state index < -0.39 is 10.4 Å². The zero-order chi connectivity index (χ0) is 21.3. The van der Waals surface area contributed by atoms with Crippen molar-refractivity contribution in [2.75, 3.05) is 25.7 Å². The molecule has 0 saturated heterocycles. The number of nitrogen functional groups attached to an aromatic ring is 2. The van der Waals surface area contributed by atoms with Crippen LogP contribution in [0.2, 0.25) is 0 Å². The maximum atomic E-state index is 10.9. The molecule has 0 unspecified atom stereocenters. The molecule has 152 valence electrons. The van der Waals surface area contributed by atoms with Gasteiger partial charge in [0, 0.05) is 0 Å². The smallest absolute Gasteiger partial charge is 0.394 e. The highest BCUT2D eigenvalue weighted by atomic mass is 32.3. The Morgan fingerprint density at radius 1 is 1.00 bits per heavy atom. The molecule has 0 fully saturated rings. The number of rotatable bonds is 2. The number of hydrogen-bond acceptors (Lipinski definition) is 8. The van der Waals surface area contributed by atoms with Gasteiger partial charge in [-0.3, -0.25) is 13.9 Å². The van der Waals surface area contributed by atoms with Crippen molar-refractivity contribution >= 4 is 32.8 Å². The van der Waals surface area contributed by atoms with Crippen LogP contribution in [0, 0.1) is 0 Å². The normalized spacial score (nSPS) is 10.1. The summed E-state index contributed by atoms with van der Waals surface area (Å²) in [6.07, 6.45) is 1.24. The Hall–Kier alpha value is -3.35. The van der Waals surface area contributed by atoms with E-state index in [0.29, 0.717) is 33.9 Å². The maximum absolute atomic E-state index is 10.9. The van der Waals surface area contributed by atoms with Crippen molar-refractivity contribution in [1.82, 2.24) is 9.97 Å². The van der Waals surface area contributed by atoms with Gasteiger partial charge in [-0.15, -0.1) is 0 Å². The molecular formula is C16H20N4O7S. The van der Waals surface area contributed by atoms with Crippen LogP contribution in [0.25, 0.3) is 11.0 Å². The van der Waals surface area contributed by atoms with Crippen molar-refractivity contribution < 1.29 is 27.0 Å². The van der Waals surface area contributed by atoms with Gasteiger partial charge in [-0.2, -0.15) is 8.42 Å². The van der Waals surface area contributed by atoms with E-state index in [1.807, 2.05) is 0 Å². The molecular weight excluding hydrogens is 392 g/mol. The lowest BCUT2D eigenvalue weighted by molar-refractivity contribution is 0.381. The van der Waals surface area contributed by atoms with Gasteiger partial charge in [-0.1, -0.05) is 12.1 Å². The number of hydrogen-bond donors (Lipinski definition) is 5. The fraction of sp³-hybridized carbons (Fsp3) is 0.125.